The first-order valence-electron chi connectivity index (χ1n) is 5.41. The molecule has 0 spiro atoms. The number of rotatable bonds is 1. The quantitative estimate of drug-likeness (QED) is 0.707. The van der Waals surface area contributed by atoms with Gasteiger partial charge in [-0.05, 0) is 0 Å². The van der Waals surface area contributed by atoms with Gasteiger partial charge in [0.1, 0.15) is 0 Å². The Hall–Kier alpha value is -1.03. The van der Waals surface area contributed by atoms with Crippen LogP contribution in [0.5, 0.6) is 0 Å². The van der Waals surface area contributed by atoms with Crippen LogP contribution in [0.4, 0.5) is 0 Å². The van der Waals surface area contributed by atoms with Gasteiger partial charge in [0.05, 0.1) is 0 Å². The maximum atomic E-state index is 2.37. The van der Waals surface area contributed by atoms with Crippen molar-refractivity contribution in [2.24, 2.45) is 0 Å². The third-order valence-electron chi connectivity index (χ3n) is 2.76. The Morgan fingerprint density at radius 1 is 0.875 bits per heavy atom. The van der Waals surface area contributed by atoms with E-state index in [0.717, 1.165) is 0 Å². The van der Waals surface area contributed by atoms with Crippen LogP contribution in [0.1, 0.15) is 16.7 Å². The van der Waals surface area contributed by atoms with E-state index in [9.17, 15) is 0 Å². The second-order valence-corrected chi connectivity index (χ2v) is 6.77. The molecule has 0 radical (unpaired) electrons. The van der Waals surface area contributed by atoms with Crippen molar-refractivity contribution in [1.29, 1.82) is 0 Å². The van der Waals surface area contributed by atoms with E-state index >= 15 is 0 Å². The Morgan fingerprint density at radius 2 is 1.62 bits per heavy atom. The van der Waals surface area contributed by atoms with E-state index in [1.54, 1.807) is 9.18 Å². The van der Waals surface area contributed by atoms with Crippen molar-refractivity contribution in [2.75, 3.05) is 0 Å². The third kappa shape index (κ3) is 1.94. The molecular weight excluding hydrogens is 308 g/mol. The zero-order valence-electron chi connectivity index (χ0n) is 8.89. The van der Waals surface area contributed by atoms with E-state index in [0.29, 0.717) is 0 Å². The second kappa shape index (κ2) is 4.45. The zero-order valence-corrected chi connectivity index (χ0v) is 11.2. The van der Waals surface area contributed by atoms with Gasteiger partial charge < -0.3 is 0 Å². The Kier molecular flexibility index (Phi) is 2.82. The Balaban J connectivity index is 2.02. The van der Waals surface area contributed by atoms with Crippen LogP contribution < -0.4 is 0 Å². The predicted octanol–water partition coefficient (Wildman–Crippen LogP) is 3.40. The molecule has 0 bridgehead atoms. The molecule has 1 aliphatic heterocycles. The van der Waals surface area contributed by atoms with Crippen LogP contribution in [-0.4, -0.2) is 20.9 Å². The first kappa shape index (κ1) is 10.1. The molecule has 0 saturated carbocycles. The predicted molar refractivity (Wildman–Crippen MR) is 70.2 cm³/mol. The molecule has 3 rings (SSSR count). The molecule has 78 valence electrons. The molecule has 0 nitrogen and oxygen atoms in total. The molecule has 1 aliphatic rings. The SMILES string of the molecule is C(=C1/[Te]Cc2ccccc21)/c1ccccc1. The summed E-state index contributed by atoms with van der Waals surface area (Å²) in [6.45, 7) is 0. The van der Waals surface area contributed by atoms with Crippen LogP contribution in [0, 0.1) is 0 Å². The molecule has 16 heavy (non-hydrogen) atoms. The summed E-state index contributed by atoms with van der Waals surface area (Å²) in [5, 5.41) is 0. The van der Waals surface area contributed by atoms with E-state index in [1.165, 1.54) is 15.6 Å². The minimum absolute atomic E-state index is 0.00131. The van der Waals surface area contributed by atoms with Gasteiger partial charge in [0, 0.05) is 0 Å². The normalized spacial score (nSPS) is 16.4. The molecule has 0 fully saturated rings. The molecule has 2 aromatic carbocycles. The minimum atomic E-state index is 0.00131. The molecule has 0 unspecified atom stereocenters. The summed E-state index contributed by atoms with van der Waals surface area (Å²) in [5.74, 6) is 0. The van der Waals surface area contributed by atoms with Crippen molar-refractivity contribution in [3.05, 3.63) is 71.3 Å². The zero-order chi connectivity index (χ0) is 10.8. The first-order valence-corrected chi connectivity index (χ1v) is 8.22. The number of hydrogen-bond acceptors (Lipinski definition) is 0. The topological polar surface area (TPSA) is 0 Å². The van der Waals surface area contributed by atoms with Crippen LogP contribution >= 0.6 is 0 Å². The van der Waals surface area contributed by atoms with Crippen molar-refractivity contribution in [3.8, 4) is 0 Å². The molecule has 2 aromatic rings. The van der Waals surface area contributed by atoms with Crippen molar-refractivity contribution >= 4 is 30.6 Å². The molecule has 0 atom stereocenters. The molecule has 1 heteroatoms. The van der Waals surface area contributed by atoms with Gasteiger partial charge in [-0.1, -0.05) is 0 Å². The summed E-state index contributed by atoms with van der Waals surface area (Å²) in [6, 6.07) is 19.5. The summed E-state index contributed by atoms with van der Waals surface area (Å²) in [7, 11) is 0. The number of benzene rings is 2. The molecule has 0 saturated heterocycles. The van der Waals surface area contributed by atoms with Crippen molar-refractivity contribution < 1.29 is 0 Å². The summed E-state index contributed by atoms with van der Waals surface area (Å²) >= 11 is 0.00131. The fourth-order valence-electron chi connectivity index (χ4n) is 1.94. The Morgan fingerprint density at radius 3 is 2.50 bits per heavy atom. The van der Waals surface area contributed by atoms with E-state index in [1.807, 2.05) is 0 Å². The van der Waals surface area contributed by atoms with Gasteiger partial charge in [0.15, 0.2) is 0 Å². The van der Waals surface area contributed by atoms with Crippen LogP contribution in [0.2, 0.25) is 0 Å². The fourth-order valence-corrected chi connectivity index (χ4v) is 5.18. The fraction of sp³-hybridized carbons (Fsp3) is 0.0667. The van der Waals surface area contributed by atoms with Gasteiger partial charge >= 0.3 is 106 Å². The van der Waals surface area contributed by atoms with Gasteiger partial charge in [-0.15, -0.1) is 0 Å². The Bertz CT molecular complexity index is 526. The average Bonchev–Trinajstić information content (AvgIpc) is 2.74. The summed E-state index contributed by atoms with van der Waals surface area (Å²) in [4.78, 5) is 0. The molecule has 0 aliphatic carbocycles. The van der Waals surface area contributed by atoms with Crippen molar-refractivity contribution in [1.82, 2.24) is 0 Å². The molecule has 0 amide bonds. The van der Waals surface area contributed by atoms with Crippen LogP contribution in [-0.2, 0) is 4.47 Å². The van der Waals surface area contributed by atoms with Crippen LogP contribution in [0.3, 0.4) is 0 Å². The van der Waals surface area contributed by atoms with Gasteiger partial charge in [-0.25, -0.2) is 0 Å². The van der Waals surface area contributed by atoms with Crippen molar-refractivity contribution in [3.63, 3.8) is 0 Å². The first-order chi connectivity index (χ1) is 7.93. The van der Waals surface area contributed by atoms with E-state index < -0.39 is 0 Å². The monoisotopic (exact) mass is 322 g/mol. The second-order valence-electron chi connectivity index (χ2n) is 3.87. The van der Waals surface area contributed by atoms with Crippen LogP contribution in [0.15, 0.2) is 54.6 Å². The standard InChI is InChI=1S/C15H12Te/c1-2-6-12(7-3-1)10-15-14-9-5-4-8-13(14)11-16-15/h1-10H,11H2/b15-10-. The molecule has 1 heterocycles. The number of fused-ring (bicyclic) bond motifs is 1. The van der Waals surface area contributed by atoms with Gasteiger partial charge in [-0.3, -0.25) is 0 Å². The Labute approximate surface area is 106 Å². The van der Waals surface area contributed by atoms with Gasteiger partial charge in [-0.2, -0.15) is 0 Å². The van der Waals surface area contributed by atoms with Crippen molar-refractivity contribution in [2.45, 2.75) is 4.47 Å². The summed E-state index contributed by atoms with van der Waals surface area (Å²) in [6.07, 6.45) is 2.37. The average molecular weight is 320 g/mol. The molecule has 0 N–H and O–H groups in total. The van der Waals surface area contributed by atoms with Gasteiger partial charge in [0.2, 0.25) is 0 Å². The number of hydrogen-bond donors (Lipinski definition) is 0. The third-order valence-corrected chi connectivity index (χ3v) is 5.91. The molecule has 0 aromatic heterocycles. The molecular formula is C15H12Te. The van der Waals surface area contributed by atoms with Gasteiger partial charge in [0.25, 0.3) is 0 Å². The van der Waals surface area contributed by atoms with E-state index in [2.05, 4.69) is 60.7 Å². The maximum absolute atomic E-state index is 2.37. The summed E-state index contributed by atoms with van der Waals surface area (Å²) < 4.78 is 2.92. The van der Waals surface area contributed by atoms with E-state index in [-0.39, 0.29) is 20.9 Å². The summed E-state index contributed by atoms with van der Waals surface area (Å²) in [5.41, 5.74) is 4.38. The van der Waals surface area contributed by atoms with Crippen LogP contribution in [0.25, 0.3) is 9.70 Å². The van der Waals surface area contributed by atoms with E-state index in [4.69, 9.17) is 0 Å².